The van der Waals surface area contributed by atoms with Gasteiger partial charge in [0.15, 0.2) is 6.04 Å². The SMILES string of the molecule is CC[NH+](CC)C(C(=O)NC1CCCC1)c1ccccc1. The van der Waals surface area contributed by atoms with Gasteiger partial charge in [0.25, 0.3) is 5.91 Å². The smallest absolute Gasteiger partial charge is 0.283 e. The predicted molar refractivity (Wildman–Crippen MR) is 81.6 cm³/mol. The Bertz CT molecular complexity index is 408. The minimum atomic E-state index is -0.0770. The van der Waals surface area contributed by atoms with Crippen LogP contribution in [0.15, 0.2) is 30.3 Å². The molecule has 20 heavy (non-hydrogen) atoms. The van der Waals surface area contributed by atoms with Gasteiger partial charge < -0.3 is 10.2 Å². The second kappa shape index (κ2) is 7.44. The van der Waals surface area contributed by atoms with Gasteiger partial charge in [0.1, 0.15) is 0 Å². The Labute approximate surface area is 122 Å². The molecule has 0 saturated heterocycles. The molecule has 1 unspecified atom stereocenters. The van der Waals surface area contributed by atoms with Crippen molar-refractivity contribution in [3.05, 3.63) is 35.9 Å². The summed E-state index contributed by atoms with van der Waals surface area (Å²) in [6.45, 7) is 6.23. The standard InChI is InChI=1S/C17H26N2O/c1-3-19(4-2)16(14-10-6-5-7-11-14)17(20)18-15-12-8-9-13-15/h5-7,10-11,15-16H,3-4,8-9,12-13H2,1-2H3,(H,18,20)/p+1. The van der Waals surface area contributed by atoms with E-state index in [0.29, 0.717) is 6.04 Å². The molecule has 1 aliphatic rings. The van der Waals surface area contributed by atoms with E-state index in [9.17, 15) is 4.79 Å². The largest absolute Gasteiger partial charge is 0.348 e. The molecule has 1 fully saturated rings. The topological polar surface area (TPSA) is 33.5 Å². The van der Waals surface area contributed by atoms with Crippen LogP contribution in [-0.2, 0) is 4.79 Å². The third-order valence-corrected chi connectivity index (χ3v) is 4.41. The van der Waals surface area contributed by atoms with Crippen molar-refractivity contribution < 1.29 is 9.69 Å². The number of benzene rings is 1. The van der Waals surface area contributed by atoms with Gasteiger partial charge in [-0.05, 0) is 26.7 Å². The quantitative estimate of drug-likeness (QED) is 0.814. The summed E-state index contributed by atoms with van der Waals surface area (Å²) in [6, 6.07) is 10.5. The number of amides is 1. The highest BCUT2D eigenvalue weighted by molar-refractivity contribution is 5.82. The molecule has 1 aliphatic carbocycles. The van der Waals surface area contributed by atoms with Gasteiger partial charge in [-0.1, -0.05) is 43.2 Å². The summed E-state index contributed by atoms with van der Waals surface area (Å²) < 4.78 is 0. The molecule has 1 saturated carbocycles. The van der Waals surface area contributed by atoms with Crippen LogP contribution in [0.5, 0.6) is 0 Å². The Morgan fingerprint density at radius 1 is 1.20 bits per heavy atom. The van der Waals surface area contributed by atoms with Crippen LogP contribution in [0.2, 0.25) is 0 Å². The summed E-state index contributed by atoms with van der Waals surface area (Å²) in [5.74, 6) is 0.196. The van der Waals surface area contributed by atoms with Gasteiger partial charge in [0.2, 0.25) is 0 Å². The van der Waals surface area contributed by atoms with E-state index < -0.39 is 0 Å². The van der Waals surface area contributed by atoms with Crippen LogP contribution in [0, 0.1) is 0 Å². The summed E-state index contributed by atoms with van der Waals surface area (Å²) in [6.07, 6.45) is 4.78. The summed E-state index contributed by atoms with van der Waals surface area (Å²) in [5, 5.41) is 3.27. The zero-order valence-corrected chi connectivity index (χ0v) is 12.7. The molecule has 0 heterocycles. The summed E-state index contributed by atoms with van der Waals surface area (Å²) in [7, 11) is 0. The Hall–Kier alpha value is -1.35. The molecule has 0 spiro atoms. The van der Waals surface area contributed by atoms with Crippen molar-refractivity contribution >= 4 is 5.91 Å². The molecule has 1 aromatic rings. The molecule has 0 radical (unpaired) electrons. The van der Waals surface area contributed by atoms with Crippen molar-refractivity contribution in [1.82, 2.24) is 5.32 Å². The van der Waals surface area contributed by atoms with Gasteiger partial charge in [-0.25, -0.2) is 0 Å². The molecular formula is C17H27N2O+. The van der Waals surface area contributed by atoms with Gasteiger partial charge in [-0.2, -0.15) is 0 Å². The summed E-state index contributed by atoms with van der Waals surface area (Å²) in [5.41, 5.74) is 1.13. The lowest BCUT2D eigenvalue weighted by atomic mass is 10.0. The maximum Gasteiger partial charge on any atom is 0.283 e. The first-order chi connectivity index (χ1) is 9.76. The average Bonchev–Trinajstić information content (AvgIpc) is 2.98. The second-order valence-corrected chi connectivity index (χ2v) is 5.70. The Kier molecular flexibility index (Phi) is 5.60. The van der Waals surface area contributed by atoms with E-state index in [1.807, 2.05) is 18.2 Å². The Morgan fingerprint density at radius 2 is 1.80 bits per heavy atom. The molecule has 110 valence electrons. The lowest BCUT2D eigenvalue weighted by Crippen LogP contribution is -3.12. The van der Waals surface area contributed by atoms with Crippen LogP contribution in [0.3, 0.4) is 0 Å². The lowest BCUT2D eigenvalue weighted by molar-refractivity contribution is -0.918. The van der Waals surface area contributed by atoms with Gasteiger partial charge in [0.05, 0.1) is 13.1 Å². The van der Waals surface area contributed by atoms with Gasteiger partial charge in [-0.15, -0.1) is 0 Å². The maximum atomic E-state index is 12.7. The number of hydrogen-bond donors (Lipinski definition) is 2. The molecule has 1 atom stereocenters. The second-order valence-electron chi connectivity index (χ2n) is 5.70. The van der Waals surface area contributed by atoms with E-state index in [0.717, 1.165) is 31.5 Å². The van der Waals surface area contributed by atoms with Crippen molar-refractivity contribution in [2.24, 2.45) is 0 Å². The molecule has 2 rings (SSSR count). The monoisotopic (exact) mass is 275 g/mol. The van der Waals surface area contributed by atoms with E-state index >= 15 is 0 Å². The van der Waals surface area contributed by atoms with Crippen molar-refractivity contribution in [1.29, 1.82) is 0 Å². The normalized spacial score (nSPS) is 17.4. The fourth-order valence-corrected chi connectivity index (χ4v) is 3.23. The van der Waals surface area contributed by atoms with Crippen LogP contribution < -0.4 is 10.2 Å². The third kappa shape index (κ3) is 3.60. The zero-order valence-electron chi connectivity index (χ0n) is 12.7. The molecule has 0 bridgehead atoms. The summed E-state index contributed by atoms with van der Waals surface area (Å²) in [4.78, 5) is 14.1. The van der Waals surface area contributed by atoms with Crippen molar-refractivity contribution in [3.8, 4) is 0 Å². The number of carbonyl (C=O) groups excluding carboxylic acids is 1. The summed E-state index contributed by atoms with van der Waals surface area (Å²) >= 11 is 0. The molecule has 1 amide bonds. The number of rotatable bonds is 6. The van der Waals surface area contributed by atoms with E-state index in [-0.39, 0.29) is 11.9 Å². The van der Waals surface area contributed by atoms with Gasteiger partial charge in [0, 0.05) is 11.6 Å². The molecule has 1 aromatic carbocycles. The average molecular weight is 275 g/mol. The number of nitrogens with one attached hydrogen (secondary N) is 2. The van der Waals surface area contributed by atoms with Crippen LogP contribution >= 0.6 is 0 Å². The van der Waals surface area contributed by atoms with Crippen LogP contribution in [0.4, 0.5) is 0 Å². The van der Waals surface area contributed by atoms with E-state index in [4.69, 9.17) is 0 Å². The predicted octanol–water partition coefficient (Wildman–Crippen LogP) is 1.71. The van der Waals surface area contributed by atoms with E-state index in [1.165, 1.54) is 17.7 Å². The molecule has 2 N–H and O–H groups in total. The van der Waals surface area contributed by atoms with Crippen LogP contribution in [0.25, 0.3) is 0 Å². The molecular weight excluding hydrogens is 248 g/mol. The fourth-order valence-electron chi connectivity index (χ4n) is 3.23. The Balaban J connectivity index is 2.14. The molecule has 3 nitrogen and oxygen atoms in total. The van der Waals surface area contributed by atoms with E-state index in [2.05, 4.69) is 31.3 Å². The van der Waals surface area contributed by atoms with Crippen LogP contribution in [-0.4, -0.2) is 25.0 Å². The first-order valence-corrected chi connectivity index (χ1v) is 7.96. The molecule has 0 aromatic heterocycles. The highest BCUT2D eigenvalue weighted by atomic mass is 16.2. The van der Waals surface area contributed by atoms with Crippen LogP contribution in [0.1, 0.15) is 51.1 Å². The minimum absolute atomic E-state index is 0.0770. The lowest BCUT2D eigenvalue weighted by Gasteiger charge is -2.27. The van der Waals surface area contributed by atoms with Crippen molar-refractivity contribution in [2.45, 2.75) is 51.6 Å². The zero-order chi connectivity index (χ0) is 14.4. The number of likely N-dealkylation sites (N-methyl/N-ethyl adjacent to an activating group) is 1. The maximum absolute atomic E-state index is 12.7. The van der Waals surface area contributed by atoms with Crippen molar-refractivity contribution in [2.75, 3.05) is 13.1 Å². The molecule has 0 aliphatic heterocycles. The number of carbonyl (C=O) groups is 1. The minimum Gasteiger partial charge on any atom is -0.348 e. The van der Waals surface area contributed by atoms with Crippen molar-refractivity contribution in [3.63, 3.8) is 0 Å². The number of hydrogen-bond acceptors (Lipinski definition) is 1. The van der Waals surface area contributed by atoms with E-state index in [1.54, 1.807) is 0 Å². The highest BCUT2D eigenvalue weighted by Gasteiger charge is 2.31. The van der Waals surface area contributed by atoms with Gasteiger partial charge >= 0.3 is 0 Å². The first-order valence-electron chi connectivity index (χ1n) is 7.96. The molecule has 3 heteroatoms. The fraction of sp³-hybridized carbons (Fsp3) is 0.588. The first kappa shape index (κ1) is 15.0. The third-order valence-electron chi connectivity index (χ3n) is 4.41. The van der Waals surface area contributed by atoms with Gasteiger partial charge in [-0.3, -0.25) is 4.79 Å². The number of quaternary nitrogens is 1. The Morgan fingerprint density at radius 3 is 2.35 bits per heavy atom. The highest BCUT2D eigenvalue weighted by Crippen LogP contribution is 2.19.